The van der Waals surface area contributed by atoms with Crippen LogP contribution in [0.25, 0.3) is 11.1 Å². The van der Waals surface area contributed by atoms with Crippen LogP contribution in [0.15, 0.2) is 60.9 Å². The molecule has 3 rings (SSSR count). The Hall–Kier alpha value is -4.62. The molecule has 2 amide bonds. The van der Waals surface area contributed by atoms with Crippen molar-refractivity contribution in [2.45, 2.75) is 20.8 Å². The summed E-state index contributed by atoms with van der Waals surface area (Å²) in [6.07, 6.45) is 3.56. The molecule has 40 heavy (non-hydrogen) atoms. The molecule has 212 valence electrons. The first-order valence-corrected chi connectivity index (χ1v) is 13.6. The number of carboxylic acids is 1. The van der Waals surface area contributed by atoms with E-state index in [0.29, 0.717) is 29.6 Å². The second-order valence-electron chi connectivity index (χ2n) is 9.91. The minimum Gasteiger partial charge on any atom is -0.478 e. The Morgan fingerprint density at radius 1 is 0.950 bits per heavy atom. The number of amidine groups is 1. The van der Waals surface area contributed by atoms with Gasteiger partial charge in [-0.15, -0.1) is 0 Å². The lowest BCUT2D eigenvalue weighted by molar-refractivity contribution is 0.0697. The van der Waals surface area contributed by atoms with Gasteiger partial charge in [-0.1, -0.05) is 26.8 Å². The summed E-state index contributed by atoms with van der Waals surface area (Å²) < 4.78 is 25.9. The van der Waals surface area contributed by atoms with Gasteiger partial charge in [-0.3, -0.25) is 24.5 Å². The fourth-order valence-corrected chi connectivity index (χ4v) is 3.28. The number of benzene rings is 2. The first-order chi connectivity index (χ1) is 18.5. The third-order valence-corrected chi connectivity index (χ3v) is 5.10. The highest BCUT2D eigenvalue weighted by Gasteiger charge is 2.21. The smallest absolute Gasteiger partial charge is 0.336 e. The van der Waals surface area contributed by atoms with Gasteiger partial charge in [0.1, 0.15) is 5.84 Å². The van der Waals surface area contributed by atoms with Crippen molar-refractivity contribution >= 4 is 39.4 Å². The van der Waals surface area contributed by atoms with E-state index in [1.165, 1.54) is 36.7 Å². The van der Waals surface area contributed by atoms with Gasteiger partial charge in [-0.2, -0.15) is 8.42 Å². The van der Waals surface area contributed by atoms with Crippen LogP contribution in [0.1, 0.15) is 57.4 Å². The molecular formula is C27H31N5O7S. The normalized spacial score (nSPS) is 11.0. The summed E-state index contributed by atoms with van der Waals surface area (Å²) in [7, 11) is -3.67. The fourth-order valence-electron chi connectivity index (χ4n) is 3.28. The molecule has 0 spiro atoms. The summed E-state index contributed by atoms with van der Waals surface area (Å²) >= 11 is 0. The van der Waals surface area contributed by atoms with Crippen molar-refractivity contribution in [2.24, 2.45) is 11.1 Å². The van der Waals surface area contributed by atoms with Gasteiger partial charge in [0.05, 0.1) is 17.4 Å². The molecule has 1 aromatic heterocycles. The van der Waals surface area contributed by atoms with Gasteiger partial charge in [0.15, 0.2) is 0 Å². The molecule has 3 aromatic rings. The van der Waals surface area contributed by atoms with Crippen LogP contribution < -0.4 is 16.4 Å². The van der Waals surface area contributed by atoms with Crippen LogP contribution in [0.2, 0.25) is 0 Å². The second kappa shape index (κ2) is 13.0. The summed E-state index contributed by atoms with van der Waals surface area (Å²) in [4.78, 5) is 41.7. The Kier molecular flexibility index (Phi) is 10.2. The van der Waals surface area contributed by atoms with Gasteiger partial charge in [0.25, 0.3) is 21.9 Å². The molecule has 1 heterocycles. The van der Waals surface area contributed by atoms with Crippen LogP contribution >= 0.6 is 0 Å². The molecule has 0 radical (unpaired) electrons. The van der Waals surface area contributed by atoms with E-state index < -0.39 is 22.0 Å². The molecule has 0 bridgehead atoms. The number of carboxylic acid groups (broad SMARTS) is 1. The summed E-state index contributed by atoms with van der Waals surface area (Å²) in [6, 6.07) is 12.3. The molecule has 0 aliphatic rings. The van der Waals surface area contributed by atoms with E-state index >= 15 is 0 Å². The number of amides is 2. The monoisotopic (exact) mass is 569 g/mol. The van der Waals surface area contributed by atoms with E-state index in [2.05, 4.69) is 15.6 Å². The van der Waals surface area contributed by atoms with Crippen molar-refractivity contribution in [2.75, 3.05) is 18.1 Å². The standard InChI is InChI=1S/C26H27N5O4.CH4O3S/c1-26(2,3)14-30-23(32)16-6-9-18(20(12-16)25(34)35)21-13-29-11-10-19(21)24(33)31-17-7-4-15(5-8-17)22(27)28;1-5(2,3)4/h4-13H,14H2,1-3H3,(H3,27,28)(H,30,32)(H,31,33)(H,34,35);1H3,(H,2,3,4). The molecule has 0 fully saturated rings. The minimum atomic E-state index is -3.67. The van der Waals surface area contributed by atoms with E-state index in [1.54, 1.807) is 24.3 Å². The molecule has 2 aromatic carbocycles. The molecule has 0 unspecified atom stereocenters. The number of nitrogen functional groups attached to an aromatic ring is 1. The molecule has 0 saturated carbocycles. The van der Waals surface area contributed by atoms with Crippen molar-refractivity contribution in [3.63, 3.8) is 0 Å². The van der Waals surface area contributed by atoms with Crippen molar-refractivity contribution < 1.29 is 32.5 Å². The average molecular weight is 570 g/mol. The third kappa shape index (κ3) is 9.93. The summed E-state index contributed by atoms with van der Waals surface area (Å²) in [5.41, 5.74) is 7.19. The van der Waals surface area contributed by atoms with Crippen molar-refractivity contribution in [3.8, 4) is 11.1 Å². The maximum absolute atomic E-state index is 13.0. The molecule has 7 N–H and O–H groups in total. The summed E-state index contributed by atoms with van der Waals surface area (Å²) in [5, 5.41) is 22.9. The van der Waals surface area contributed by atoms with Crippen LogP contribution in [-0.4, -0.2) is 59.5 Å². The average Bonchev–Trinajstić information content (AvgIpc) is 2.85. The van der Waals surface area contributed by atoms with Crippen LogP contribution in [0.3, 0.4) is 0 Å². The van der Waals surface area contributed by atoms with Gasteiger partial charge >= 0.3 is 5.97 Å². The van der Waals surface area contributed by atoms with E-state index in [4.69, 9.17) is 15.7 Å². The SMILES string of the molecule is CC(C)(C)CNC(=O)c1ccc(-c2cnccc2C(=O)Nc2ccc(C(=N)N)cc2)c(C(=O)O)c1.CS(=O)(=O)O. The third-order valence-electron chi connectivity index (χ3n) is 5.10. The number of nitrogens with two attached hydrogens (primary N) is 1. The number of carbonyl (C=O) groups is 3. The van der Waals surface area contributed by atoms with E-state index in [-0.39, 0.29) is 39.4 Å². The number of nitrogens with one attached hydrogen (secondary N) is 3. The van der Waals surface area contributed by atoms with E-state index in [1.807, 2.05) is 20.8 Å². The highest BCUT2D eigenvalue weighted by molar-refractivity contribution is 7.85. The first kappa shape index (κ1) is 31.6. The topological polar surface area (TPSA) is 213 Å². The molecular weight excluding hydrogens is 538 g/mol. The second-order valence-corrected chi connectivity index (χ2v) is 11.4. The number of aromatic carboxylic acids is 1. The zero-order valence-electron chi connectivity index (χ0n) is 22.3. The zero-order valence-corrected chi connectivity index (χ0v) is 23.2. The lowest BCUT2D eigenvalue weighted by Gasteiger charge is -2.19. The Balaban J connectivity index is 0.00000103. The molecule has 0 aliphatic carbocycles. The highest BCUT2D eigenvalue weighted by atomic mass is 32.2. The van der Waals surface area contributed by atoms with Gasteiger partial charge in [-0.25, -0.2) is 4.79 Å². The van der Waals surface area contributed by atoms with Crippen LogP contribution in [-0.2, 0) is 10.1 Å². The maximum atomic E-state index is 13.0. The number of carbonyl (C=O) groups excluding carboxylic acids is 2. The molecule has 12 nitrogen and oxygen atoms in total. The first-order valence-electron chi connectivity index (χ1n) is 11.7. The number of pyridine rings is 1. The fraction of sp³-hybridized carbons (Fsp3) is 0.222. The largest absolute Gasteiger partial charge is 0.478 e. The van der Waals surface area contributed by atoms with Crippen molar-refractivity contribution in [1.82, 2.24) is 10.3 Å². The van der Waals surface area contributed by atoms with E-state index in [0.717, 1.165) is 0 Å². The van der Waals surface area contributed by atoms with E-state index in [9.17, 15) is 27.9 Å². The van der Waals surface area contributed by atoms with Gasteiger partial charge < -0.3 is 21.5 Å². The number of anilines is 1. The number of nitrogens with zero attached hydrogens (tertiary/aromatic N) is 1. The van der Waals surface area contributed by atoms with Crippen molar-refractivity contribution in [3.05, 3.63) is 83.2 Å². The molecule has 0 atom stereocenters. The summed E-state index contributed by atoms with van der Waals surface area (Å²) in [6.45, 7) is 6.36. The lowest BCUT2D eigenvalue weighted by Crippen LogP contribution is -2.32. The van der Waals surface area contributed by atoms with Crippen LogP contribution in [0.4, 0.5) is 5.69 Å². The molecule has 13 heteroatoms. The Morgan fingerprint density at radius 2 is 1.52 bits per heavy atom. The van der Waals surface area contributed by atoms with Gasteiger partial charge in [0, 0.05) is 41.3 Å². The maximum Gasteiger partial charge on any atom is 0.336 e. The lowest BCUT2D eigenvalue weighted by atomic mass is 9.94. The summed E-state index contributed by atoms with van der Waals surface area (Å²) in [5.74, 6) is -2.18. The molecule has 0 saturated heterocycles. The Morgan fingerprint density at radius 3 is 2.05 bits per heavy atom. The van der Waals surface area contributed by atoms with Gasteiger partial charge in [0.2, 0.25) is 0 Å². The number of aromatic nitrogens is 1. The molecule has 0 aliphatic heterocycles. The van der Waals surface area contributed by atoms with Crippen molar-refractivity contribution in [1.29, 1.82) is 5.41 Å². The number of hydrogen-bond donors (Lipinski definition) is 6. The van der Waals surface area contributed by atoms with Gasteiger partial charge in [-0.05, 0) is 53.4 Å². The number of rotatable bonds is 7. The minimum absolute atomic E-state index is 0.0870. The Bertz CT molecular complexity index is 1520. The van der Waals surface area contributed by atoms with Crippen LogP contribution in [0.5, 0.6) is 0 Å². The highest BCUT2D eigenvalue weighted by Crippen LogP contribution is 2.28. The number of hydrogen-bond acceptors (Lipinski definition) is 7. The Labute approximate surface area is 231 Å². The quantitative estimate of drug-likeness (QED) is 0.140. The van der Waals surface area contributed by atoms with Crippen LogP contribution in [0, 0.1) is 10.8 Å². The predicted octanol–water partition coefficient (Wildman–Crippen LogP) is 3.26. The predicted molar refractivity (Wildman–Crippen MR) is 151 cm³/mol. The zero-order chi connectivity index (χ0) is 30.3.